The van der Waals surface area contributed by atoms with Gasteiger partial charge in [-0.25, -0.2) is 0 Å². The number of likely N-dealkylation sites (tertiary alicyclic amines) is 1. The van der Waals surface area contributed by atoms with Crippen molar-refractivity contribution in [3.05, 3.63) is 33.8 Å². The number of hydrogen-bond donors (Lipinski definition) is 2. The van der Waals surface area contributed by atoms with Gasteiger partial charge in [0, 0.05) is 24.2 Å². The molecule has 1 fully saturated rings. The van der Waals surface area contributed by atoms with Gasteiger partial charge in [0.25, 0.3) is 5.91 Å². The van der Waals surface area contributed by atoms with Crippen molar-refractivity contribution in [3.8, 4) is 0 Å². The van der Waals surface area contributed by atoms with Gasteiger partial charge in [-0.05, 0) is 45.0 Å². The average molecular weight is 358 g/mol. The van der Waals surface area contributed by atoms with Crippen molar-refractivity contribution < 1.29 is 9.59 Å². The fourth-order valence-electron chi connectivity index (χ4n) is 2.57. The summed E-state index contributed by atoms with van der Waals surface area (Å²) in [5.41, 5.74) is 0.336. The largest absolute Gasteiger partial charge is 0.353 e. The van der Waals surface area contributed by atoms with Crippen molar-refractivity contribution in [1.82, 2.24) is 15.5 Å². The molecule has 0 aromatic heterocycles. The highest BCUT2D eigenvalue weighted by molar-refractivity contribution is 6.35. The van der Waals surface area contributed by atoms with Crippen LogP contribution in [0.15, 0.2) is 18.2 Å². The van der Waals surface area contributed by atoms with Crippen LogP contribution in [-0.2, 0) is 4.79 Å². The maximum absolute atomic E-state index is 12.7. The molecule has 0 bridgehead atoms. The van der Waals surface area contributed by atoms with Crippen molar-refractivity contribution >= 4 is 35.0 Å². The molecule has 0 saturated carbocycles. The normalized spacial score (nSPS) is 18.8. The van der Waals surface area contributed by atoms with Gasteiger partial charge < -0.3 is 15.5 Å². The number of nitrogens with one attached hydrogen (secondary N) is 2. The molecule has 2 rings (SSSR count). The Labute approximate surface area is 146 Å². The molecule has 0 radical (unpaired) electrons. The van der Waals surface area contributed by atoms with E-state index >= 15 is 0 Å². The highest BCUT2D eigenvalue weighted by Gasteiger charge is 2.35. The highest BCUT2D eigenvalue weighted by Crippen LogP contribution is 2.26. The van der Waals surface area contributed by atoms with Crippen molar-refractivity contribution in [3.63, 3.8) is 0 Å². The fraction of sp³-hybridized carbons (Fsp3) is 0.500. The topological polar surface area (TPSA) is 61.4 Å². The Kier molecular flexibility index (Phi) is 6.27. The van der Waals surface area contributed by atoms with E-state index in [1.807, 2.05) is 14.0 Å². The predicted molar refractivity (Wildman–Crippen MR) is 92.1 cm³/mol. The zero-order chi connectivity index (χ0) is 17.0. The number of nitrogens with zero attached hydrogens (tertiary/aromatic N) is 1. The SMILES string of the molecule is CNC(C)CNC(=O)C1CCCN1C(=O)c1cc(Cl)ccc1Cl. The van der Waals surface area contributed by atoms with Crippen LogP contribution in [0, 0.1) is 0 Å². The quantitative estimate of drug-likeness (QED) is 0.849. The third kappa shape index (κ3) is 4.37. The molecule has 1 heterocycles. The first-order chi connectivity index (χ1) is 10.9. The summed E-state index contributed by atoms with van der Waals surface area (Å²) >= 11 is 12.1. The van der Waals surface area contributed by atoms with Crippen LogP contribution in [0.25, 0.3) is 0 Å². The monoisotopic (exact) mass is 357 g/mol. The lowest BCUT2D eigenvalue weighted by atomic mass is 10.1. The molecular formula is C16H21Cl2N3O2. The molecule has 0 spiro atoms. The lowest BCUT2D eigenvalue weighted by Gasteiger charge is -2.25. The number of likely N-dealkylation sites (N-methyl/N-ethyl adjacent to an activating group) is 1. The second kappa shape index (κ2) is 7.99. The minimum Gasteiger partial charge on any atom is -0.353 e. The molecule has 2 atom stereocenters. The maximum Gasteiger partial charge on any atom is 0.256 e. The van der Waals surface area contributed by atoms with Crippen LogP contribution in [0.2, 0.25) is 10.0 Å². The van der Waals surface area contributed by atoms with Gasteiger partial charge in [-0.3, -0.25) is 9.59 Å². The molecule has 7 heteroatoms. The van der Waals surface area contributed by atoms with Crippen LogP contribution < -0.4 is 10.6 Å². The molecule has 126 valence electrons. The smallest absolute Gasteiger partial charge is 0.256 e. The van der Waals surface area contributed by atoms with E-state index in [1.54, 1.807) is 23.1 Å². The van der Waals surface area contributed by atoms with Crippen LogP contribution in [-0.4, -0.2) is 48.9 Å². The summed E-state index contributed by atoms with van der Waals surface area (Å²) in [7, 11) is 1.84. The zero-order valence-corrected chi connectivity index (χ0v) is 14.7. The number of amides is 2. The fourth-order valence-corrected chi connectivity index (χ4v) is 2.94. The molecule has 1 aromatic rings. The third-order valence-electron chi connectivity index (χ3n) is 4.05. The Hall–Kier alpha value is -1.30. The van der Waals surface area contributed by atoms with E-state index in [2.05, 4.69) is 10.6 Å². The number of halogens is 2. The molecule has 5 nitrogen and oxygen atoms in total. The second-order valence-electron chi connectivity index (χ2n) is 5.72. The van der Waals surface area contributed by atoms with Crippen LogP contribution >= 0.6 is 23.2 Å². The molecule has 2 unspecified atom stereocenters. The summed E-state index contributed by atoms with van der Waals surface area (Å²) < 4.78 is 0. The highest BCUT2D eigenvalue weighted by atomic mass is 35.5. The van der Waals surface area contributed by atoms with Crippen molar-refractivity contribution in [1.29, 1.82) is 0 Å². The minimum atomic E-state index is -0.457. The summed E-state index contributed by atoms with van der Waals surface area (Å²) in [6.45, 7) is 3.04. The molecule has 2 amide bonds. The number of rotatable bonds is 5. The van der Waals surface area contributed by atoms with Crippen molar-refractivity contribution in [2.24, 2.45) is 0 Å². The predicted octanol–water partition coefficient (Wildman–Crippen LogP) is 2.32. The van der Waals surface area contributed by atoms with Gasteiger partial charge in [0.2, 0.25) is 5.91 Å². The zero-order valence-electron chi connectivity index (χ0n) is 13.2. The van der Waals surface area contributed by atoms with Gasteiger partial charge in [0.15, 0.2) is 0 Å². The van der Waals surface area contributed by atoms with E-state index in [9.17, 15) is 9.59 Å². The lowest BCUT2D eigenvalue weighted by molar-refractivity contribution is -0.124. The summed E-state index contributed by atoms with van der Waals surface area (Å²) in [6.07, 6.45) is 1.45. The van der Waals surface area contributed by atoms with Crippen LogP contribution in [0.5, 0.6) is 0 Å². The summed E-state index contributed by atoms with van der Waals surface area (Å²) in [5.74, 6) is -0.382. The van der Waals surface area contributed by atoms with Gasteiger partial charge >= 0.3 is 0 Å². The van der Waals surface area contributed by atoms with E-state index in [0.717, 1.165) is 6.42 Å². The van der Waals surface area contributed by atoms with Crippen LogP contribution in [0.4, 0.5) is 0 Å². The second-order valence-corrected chi connectivity index (χ2v) is 6.56. The molecule has 1 aliphatic heterocycles. The maximum atomic E-state index is 12.7. The van der Waals surface area contributed by atoms with E-state index < -0.39 is 6.04 Å². The summed E-state index contributed by atoms with van der Waals surface area (Å²) in [4.78, 5) is 26.7. The van der Waals surface area contributed by atoms with E-state index in [4.69, 9.17) is 23.2 Å². The van der Waals surface area contributed by atoms with E-state index in [-0.39, 0.29) is 17.9 Å². The standard InChI is InChI=1S/C16H21Cl2N3O2/c1-10(19-2)9-20-15(22)14-4-3-7-21(14)16(23)12-8-11(17)5-6-13(12)18/h5-6,8,10,14,19H,3-4,7,9H2,1-2H3,(H,20,22). The number of carbonyl (C=O) groups is 2. The van der Waals surface area contributed by atoms with E-state index in [1.165, 1.54) is 0 Å². The van der Waals surface area contributed by atoms with Gasteiger partial charge in [-0.15, -0.1) is 0 Å². The molecular weight excluding hydrogens is 337 g/mol. The summed E-state index contributed by atoms with van der Waals surface area (Å²) in [5, 5.41) is 6.73. The molecule has 1 saturated heterocycles. The van der Waals surface area contributed by atoms with Gasteiger partial charge in [-0.2, -0.15) is 0 Å². The van der Waals surface area contributed by atoms with Gasteiger partial charge in [0.05, 0.1) is 10.6 Å². The molecule has 2 N–H and O–H groups in total. The van der Waals surface area contributed by atoms with Gasteiger partial charge in [0.1, 0.15) is 6.04 Å². The Balaban J connectivity index is 2.10. The van der Waals surface area contributed by atoms with Gasteiger partial charge in [-0.1, -0.05) is 23.2 Å². The lowest BCUT2D eigenvalue weighted by Crippen LogP contribution is -2.48. The first kappa shape index (κ1) is 18.0. The molecule has 1 aromatic carbocycles. The van der Waals surface area contributed by atoms with Crippen molar-refractivity contribution in [2.45, 2.75) is 31.8 Å². The van der Waals surface area contributed by atoms with Crippen LogP contribution in [0.1, 0.15) is 30.1 Å². The van der Waals surface area contributed by atoms with E-state index in [0.29, 0.717) is 35.1 Å². The number of benzene rings is 1. The number of carbonyl (C=O) groups excluding carboxylic acids is 2. The first-order valence-corrected chi connectivity index (χ1v) is 8.40. The Morgan fingerprint density at radius 1 is 1.39 bits per heavy atom. The first-order valence-electron chi connectivity index (χ1n) is 7.65. The summed E-state index contributed by atoms with van der Waals surface area (Å²) in [6, 6.07) is 4.49. The van der Waals surface area contributed by atoms with Crippen molar-refractivity contribution in [2.75, 3.05) is 20.1 Å². The molecule has 23 heavy (non-hydrogen) atoms. The Morgan fingerprint density at radius 3 is 2.83 bits per heavy atom. The molecule has 1 aliphatic rings. The molecule has 0 aliphatic carbocycles. The average Bonchev–Trinajstić information content (AvgIpc) is 3.03. The number of hydrogen-bond acceptors (Lipinski definition) is 3. The third-order valence-corrected chi connectivity index (χ3v) is 4.62. The Morgan fingerprint density at radius 2 is 2.13 bits per heavy atom. The Bertz CT molecular complexity index is 595. The minimum absolute atomic E-state index is 0.129. The van der Waals surface area contributed by atoms with Crippen LogP contribution in [0.3, 0.4) is 0 Å².